The van der Waals surface area contributed by atoms with Crippen molar-refractivity contribution in [3.05, 3.63) is 45.9 Å². The Bertz CT molecular complexity index is 614. The molecule has 1 heterocycles. The van der Waals surface area contributed by atoms with Crippen molar-refractivity contribution in [2.24, 2.45) is 5.73 Å². The molecule has 4 nitrogen and oxygen atoms in total. The molecule has 5 heteroatoms. The van der Waals surface area contributed by atoms with E-state index in [9.17, 15) is 0 Å². The monoisotopic (exact) mass is 303 g/mol. The van der Waals surface area contributed by atoms with Crippen LogP contribution in [0.5, 0.6) is 5.75 Å². The van der Waals surface area contributed by atoms with E-state index in [0.717, 1.165) is 27.7 Å². The zero-order chi connectivity index (χ0) is 15.5. The first-order valence-electron chi connectivity index (χ1n) is 6.90. The number of thiazole rings is 1. The number of ether oxygens (including phenoxy) is 1. The van der Waals surface area contributed by atoms with E-state index >= 15 is 0 Å². The summed E-state index contributed by atoms with van der Waals surface area (Å²) in [5, 5.41) is 8.66. The minimum atomic E-state index is -0.115. The number of para-hydroxylation sites is 1. The molecule has 112 valence electrons. The second kappa shape index (κ2) is 6.26. The Labute approximate surface area is 129 Å². The Morgan fingerprint density at radius 1 is 1.29 bits per heavy atom. The minimum Gasteiger partial charge on any atom is -0.493 e. The standard InChI is InChI=1S/C16H21N3OS/c1-16(2,3)14-13(15(17)18)21-12(19-14)9-10-20-11-7-5-4-6-8-11/h4-8H,9-10H2,1-3H3,(H3,17,18). The SMILES string of the molecule is CC(C)(C)c1nc(CCOc2ccccc2)sc1C(=N)N. The van der Waals surface area contributed by atoms with Crippen molar-refractivity contribution in [1.82, 2.24) is 4.98 Å². The van der Waals surface area contributed by atoms with Crippen molar-refractivity contribution in [3.63, 3.8) is 0 Å². The Morgan fingerprint density at radius 2 is 1.95 bits per heavy atom. The molecule has 0 atom stereocenters. The molecule has 0 aliphatic rings. The molecule has 0 unspecified atom stereocenters. The number of rotatable bonds is 5. The maximum Gasteiger partial charge on any atom is 0.135 e. The average Bonchev–Trinajstić information content (AvgIpc) is 2.84. The second-order valence-electron chi connectivity index (χ2n) is 5.86. The molecule has 0 amide bonds. The summed E-state index contributed by atoms with van der Waals surface area (Å²) in [7, 11) is 0. The average molecular weight is 303 g/mol. The van der Waals surface area contributed by atoms with Gasteiger partial charge >= 0.3 is 0 Å². The van der Waals surface area contributed by atoms with Gasteiger partial charge in [-0.25, -0.2) is 4.98 Å². The molecule has 0 saturated heterocycles. The van der Waals surface area contributed by atoms with Crippen LogP contribution in [-0.2, 0) is 11.8 Å². The molecule has 3 N–H and O–H groups in total. The first-order valence-corrected chi connectivity index (χ1v) is 7.72. The van der Waals surface area contributed by atoms with Gasteiger partial charge in [0, 0.05) is 11.8 Å². The molecule has 2 rings (SSSR count). The first kappa shape index (κ1) is 15.5. The molecular weight excluding hydrogens is 282 g/mol. The van der Waals surface area contributed by atoms with Gasteiger partial charge in [0.1, 0.15) is 11.6 Å². The highest BCUT2D eigenvalue weighted by Crippen LogP contribution is 2.29. The van der Waals surface area contributed by atoms with Crippen LogP contribution in [-0.4, -0.2) is 17.4 Å². The van der Waals surface area contributed by atoms with Crippen molar-refractivity contribution >= 4 is 17.2 Å². The summed E-state index contributed by atoms with van der Waals surface area (Å²) >= 11 is 1.49. The third-order valence-electron chi connectivity index (χ3n) is 2.95. The maximum absolute atomic E-state index is 7.70. The Balaban J connectivity index is 2.06. The van der Waals surface area contributed by atoms with Gasteiger partial charge in [0.05, 0.1) is 22.2 Å². The van der Waals surface area contributed by atoms with Gasteiger partial charge in [-0.05, 0) is 12.1 Å². The lowest BCUT2D eigenvalue weighted by Crippen LogP contribution is -2.19. The van der Waals surface area contributed by atoms with E-state index in [1.807, 2.05) is 30.3 Å². The summed E-state index contributed by atoms with van der Waals surface area (Å²) in [5.41, 5.74) is 6.45. The van der Waals surface area contributed by atoms with Gasteiger partial charge in [0.25, 0.3) is 0 Å². The van der Waals surface area contributed by atoms with Crippen molar-refractivity contribution in [1.29, 1.82) is 5.41 Å². The topological polar surface area (TPSA) is 72.0 Å². The van der Waals surface area contributed by atoms with E-state index in [2.05, 4.69) is 25.8 Å². The lowest BCUT2D eigenvalue weighted by molar-refractivity contribution is 0.321. The van der Waals surface area contributed by atoms with Gasteiger partial charge in [-0.2, -0.15) is 0 Å². The summed E-state index contributed by atoms with van der Waals surface area (Å²) in [6.45, 7) is 6.81. The normalized spacial score (nSPS) is 11.4. The number of nitrogens with one attached hydrogen (secondary N) is 1. The molecule has 0 radical (unpaired) electrons. The van der Waals surface area contributed by atoms with Crippen molar-refractivity contribution < 1.29 is 4.74 Å². The Kier molecular flexibility index (Phi) is 4.63. The molecule has 1 aromatic carbocycles. The Morgan fingerprint density at radius 3 is 2.48 bits per heavy atom. The fraction of sp³-hybridized carbons (Fsp3) is 0.375. The van der Waals surface area contributed by atoms with Gasteiger partial charge in [0.2, 0.25) is 0 Å². The summed E-state index contributed by atoms with van der Waals surface area (Å²) in [4.78, 5) is 5.43. The zero-order valence-electron chi connectivity index (χ0n) is 12.6. The van der Waals surface area contributed by atoms with Crippen molar-refractivity contribution in [2.75, 3.05) is 6.61 Å². The number of nitrogens with zero attached hydrogens (tertiary/aromatic N) is 1. The number of hydrogen-bond acceptors (Lipinski definition) is 4. The number of nitrogens with two attached hydrogens (primary N) is 1. The second-order valence-corrected chi connectivity index (χ2v) is 6.94. The van der Waals surface area contributed by atoms with E-state index in [1.54, 1.807) is 0 Å². The van der Waals surface area contributed by atoms with E-state index in [-0.39, 0.29) is 11.3 Å². The molecule has 0 bridgehead atoms. The molecule has 0 aliphatic heterocycles. The van der Waals surface area contributed by atoms with Crippen LogP contribution >= 0.6 is 11.3 Å². The van der Waals surface area contributed by atoms with Gasteiger partial charge in [-0.3, -0.25) is 5.41 Å². The highest BCUT2D eigenvalue weighted by atomic mass is 32.1. The van der Waals surface area contributed by atoms with Crippen molar-refractivity contribution in [3.8, 4) is 5.75 Å². The predicted octanol–water partition coefficient (Wildman–Crippen LogP) is 3.35. The summed E-state index contributed by atoms with van der Waals surface area (Å²) < 4.78 is 5.69. The van der Waals surface area contributed by atoms with Crippen LogP contribution in [0.3, 0.4) is 0 Å². The highest BCUT2D eigenvalue weighted by molar-refractivity contribution is 7.13. The van der Waals surface area contributed by atoms with Gasteiger partial charge in [-0.1, -0.05) is 39.0 Å². The number of benzene rings is 1. The molecule has 2 aromatic rings. The van der Waals surface area contributed by atoms with Crippen LogP contribution in [0.25, 0.3) is 0 Å². The summed E-state index contributed by atoms with van der Waals surface area (Å²) in [5.74, 6) is 0.949. The van der Waals surface area contributed by atoms with Gasteiger partial charge in [0.15, 0.2) is 0 Å². The van der Waals surface area contributed by atoms with Gasteiger partial charge in [-0.15, -0.1) is 11.3 Å². The molecule has 1 aromatic heterocycles. The minimum absolute atomic E-state index is 0.0904. The van der Waals surface area contributed by atoms with E-state index in [4.69, 9.17) is 15.9 Å². The molecule has 0 aliphatic carbocycles. The molecule has 0 saturated carbocycles. The van der Waals surface area contributed by atoms with Crippen LogP contribution in [0.4, 0.5) is 0 Å². The van der Waals surface area contributed by atoms with Crippen LogP contribution in [0, 0.1) is 5.41 Å². The summed E-state index contributed by atoms with van der Waals surface area (Å²) in [6, 6.07) is 9.73. The number of aromatic nitrogens is 1. The van der Waals surface area contributed by atoms with Crippen LogP contribution in [0.15, 0.2) is 30.3 Å². The molecule has 21 heavy (non-hydrogen) atoms. The van der Waals surface area contributed by atoms with E-state index in [0.29, 0.717) is 6.61 Å². The van der Waals surface area contributed by atoms with Crippen LogP contribution in [0.1, 0.15) is 36.3 Å². The number of nitrogen functional groups attached to an aromatic ring is 1. The van der Waals surface area contributed by atoms with Crippen LogP contribution < -0.4 is 10.5 Å². The van der Waals surface area contributed by atoms with E-state index in [1.165, 1.54) is 11.3 Å². The first-order chi connectivity index (χ1) is 9.88. The molecule has 0 spiro atoms. The largest absolute Gasteiger partial charge is 0.493 e. The highest BCUT2D eigenvalue weighted by Gasteiger charge is 2.24. The predicted molar refractivity (Wildman–Crippen MR) is 87.5 cm³/mol. The third kappa shape index (κ3) is 4.04. The lowest BCUT2D eigenvalue weighted by Gasteiger charge is -2.16. The summed E-state index contributed by atoms with van der Waals surface area (Å²) in [6.07, 6.45) is 0.718. The number of hydrogen-bond donors (Lipinski definition) is 2. The van der Waals surface area contributed by atoms with Gasteiger partial charge < -0.3 is 10.5 Å². The maximum atomic E-state index is 7.70. The zero-order valence-corrected chi connectivity index (χ0v) is 13.5. The van der Waals surface area contributed by atoms with Crippen LogP contribution in [0.2, 0.25) is 0 Å². The quantitative estimate of drug-likeness (QED) is 0.657. The smallest absolute Gasteiger partial charge is 0.135 e. The Hall–Kier alpha value is -1.88. The molecule has 0 fully saturated rings. The number of amidine groups is 1. The fourth-order valence-corrected chi connectivity index (χ4v) is 3.05. The third-order valence-corrected chi connectivity index (χ3v) is 4.10. The molecular formula is C16H21N3OS. The lowest BCUT2D eigenvalue weighted by atomic mass is 9.91. The fourth-order valence-electron chi connectivity index (χ4n) is 1.94. The van der Waals surface area contributed by atoms with E-state index < -0.39 is 0 Å². The van der Waals surface area contributed by atoms with Crippen molar-refractivity contribution in [2.45, 2.75) is 32.6 Å².